The van der Waals surface area contributed by atoms with Gasteiger partial charge in [-0.25, -0.2) is 0 Å². The summed E-state index contributed by atoms with van der Waals surface area (Å²) >= 11 is 0. The molecule has 2 aromatic carbocycles. The molecule has 3 rings (SSSR count). The molecule has 36 heavy (non-hydrogen) atoms. The lowest BCUT2D eigenvalue weighted by molar-refractivity contribution is -0.140. The van der Waals surface area contributed by atoms with Gasteiger partial charge in [0.05, 0.1) is 24.8 Å². The van der Waals surface area contributed by atoms with Gasteiger partial charge in [0.1, 0.15) is 17.3 Å². The van der Waals surface area contributed by atoms with Gasteiger partial charge in [-0.1, -0.05) is 32.9 Å². The minimum absolute atomic E-state index is 0.0969. The molecule has 0 aliphatic carbocycles. The zero-order chi connectivity index (χ0) is 26.1. The van der Waals surface area contributed by atoms with Gasteiger partial charge < -0.3 is 24.4 Å². The van der Waals surface area contributed by atoms with Crippen molar-refractivity contribution in [3.05, 3.63) is 65.2 Å². The Morgan fingerprint density at radius 1 is 0.972 bits per heavy atom. The van der Waals surface area contributed by atoms with Crippen LogP contribution in [0.1, 0.15) is 57.7 Å². The monoisotopic (exact) mass is 494 g/mol. The first kappa shape index (κ1) is 27.3. The average molecular weight is 495 g/mol. The predicted octanol–water partition coefficient (Wildman–Crippen LogP) is 5.03. The van der Waals surface area contributed by atoms with Crippen molar-refractivity contribution in [2.75, 3.05) is 39.4 Å². The maximum Gasteiger partial charge on any atom is 0.295 e. The molecule has 1 aliphatic heterocycles. The molecule has 0 radical (unpaired) electrons. The molecule has 2 aromatic rings. The number of ether oxygens (including phenoxy) is 2. The molecule has 7 heteroatoms. The van der Waals surface area contributed by atoms with E-state index in [4.69, 9.17) is 9.47 Å². The molecular weight excluding hydrogens is 456 g/mol. The van der Waals surface area contributed by atoms with Gasteiger partial charge in [0.25, 0.3) is 11.7 Å². The summed E-state index contributed by atoms with van der Waals surface area (Å²) in [5.41, 5.74) is 1.29. The molecule has 1 N–H and O–H groups in total. The van der Waals surface area contributed by atoms with Crippen LogP contribution in [0.2, 0.25) is 0 Å². The molecule has 0 spiro atoms. The van der Waals surface area contributed by atoms with E-state index in [1.54, 1.807) is 29.2 Å². The summed E-state index contributed by atoms with van der Waals surface area (Å²) in [6, 6.07) is 13.6. The molecule has 0 saturated carbocycles. The number of ketones is 1. The van der Waals surface area contributed by atoms with Crippen molar-refractivity contribution >= 4 is 17.4 Å². The predicted molar refractivity (Wildman–Crippen MR) is 141 cm³/mol. The summed E-state index contributed by atoms with van der Waals surface area (Å²) in [5.74, 6) is -0.110. The third kappa shape index (κ3) is 6.26. The topological polar surface area (TPSA) is 79.3 Å². The number of Topliss-reactive ketones (excluding diaryl/α,β-unsaturated/α-hetero) is 1. The van der Waals surface area contributed by atoms with E-state index in [1.807, 2.05) is 38.1 Å². The van der Waals surface area contributed by atoms with Crippen molar-refractivity contribution < 1.29 is 24.2 Å². The summed E-state index contributed by atoms with van der Waals surface area (Å²) in [6.45, 7) is 12.3. The van der Waals surface area contributed by atoms with Gasteiger partial charge in [-0.15, -0.1) is 0 Å². The smallest absolute Gasteiger partial charge is 0.295 e. The number of rotatable bonds is 13. The minimum atomic E-state index is -0.696. The number of carbonyl (C=O) groups is 2. The highest BCUT2D eigenvalue weighted by Gasteiger charge is 2.45. The number of carbonyl (C=O) groups excluding carboxylic acids is 2. The number of aliphatic hydroxyl groups excluding tert-OH is 1. The zero-order valence-electron chi connectivity index (χ0n) is 21.8. The van der Waals surface area contributed by atoms with E-state index < -0.39 is 17.7 Å². The van der Waals surface area contributed by atoms with Crippen LogP contribution in [0.3, 0.4) is 0 Å². The Morgan fingerprint density at radius 2 is 1.69 bits per heavy atom. The summed E-state index contributed by atoms with van der Waals surface area (Å²) < 4.78 is 11.3. The van der Waals surface area contributed by atoms with Crippen LogP contribution in [-0.4, -0.2) is 66.0 Å². The van der Waals surface area contributed by atoms with Crippen LogP contribution < -0.4 is 9.47 Å². The van der Waals surface area contributed by atoms with Crippen LogP contribution >= 0.6 is 0 Å². The maximum atomic E-state index is 13.3. The van der Waals surface area contributed by atoms with Crippen molar-refractivity contribution in [1.82, 2.24) is 9.80 Å². The molecular formula is C29H38N2O5. The van der Waals surface area contributed by atoms with Crippen molar-refractivity contribution in [1.29, 1.82) is 0 Å². The summed E-state index contributed by atoms with van der Waals surface area (Å²) in [5, 5.41) is 11.3. The molecule has 1 unspecified atom stereocenters. The average Bonchev–Trinajstić information content (AvgIpc) is 3.15. The van der Waals surface area contributed by atoms with Crippen molar-refractivity contribution in [2.24, 2.45) is 0 Å². The highest BCUT2D eigenvalue weighted by atomic mass is 16.5. The normalized spacial score (nSPS) is 17.1. The number of hydrogen-bond acceptors (Lipinski definition) is 6. The Bertz CT molecular complexity index is 1060. The lowest BCUT2D eigenvalue weighted by Crippen LogP contribution is -2.33. The quantitative estimate of drug-likeness (QED) is 0.239. The van der Waals surface area contributed by atoms with E-state index in [0.29, 0.717) is 36.8 Å². The van der Waals surface area contributed by atoms with E-state index in [-0.39, 0.29) is 11.3 Å². The first-order valence-corrected chi connectivity index (χ1v) is 12.9. The van der Waals surface area contributed by atoms with Crippen LogP contribution in [0, 0.1) is 0 Å². The molecule has 194 valence electrons. The first-order chi connectivity index (χ1) is 17.4. The number of likely N-dealkylation sites (tertiary alicyclic amines) is 1. The second-order valence-electron chi connectivity index (χ2n) is 8.75. The number of aliphatic hydroxyl groups is 1. The van der Waals surface area contributed by atoms with E-state index in [2.05, 4.69) is 18.7 Å². The summed E-state index contributed by atoms with van der Waals surface area (Å²) in [7, 11) is 0. The van der Waals surface area contributed by atoms with Gasteiger partial charge in [-0.3, -0.25) is 9.59 Å². The Kier molecular flexibility index (Phi) is 9.94. The van der Waals surface area contributed by atoms with E-state index >= 15 is 0 Å². The number of nitrogens with zero attached hydrogens (tertiary/aromatic N) is 2. The van der Waals surface area contributed by atoms with Crippen LogP contribution in [-0.2, 0) is 9.59 Å². The SMILES string of the molecule is CCCOc1cccc(C2/C(=C(\O)c3ccc(OCC)cc3)C(=O)C(=O)N2CCCN(CC)CC)c1. The molecule has 7 nitrogen and oxygen atoms in total. The zero-order valence-corrected chi connectivity index (χ0v) is 21.8. The van der Waals surface area contributed by atoms with Gasteiger partial charge in [0.15, 0.2) is 0 Å². The summed E-state index contributed by atoms with van der Waals surface area (Å²) in [4.78, 5) is 30.4. The largest absolute Gasteiger partial charge is 0.507 e. The van der Waals surface area contributed by atoms with Crippen molar-refractivity contribution in [3.63, 3.8) is 0 Å². The van der Waals surface area contributed by atoms with Gasteiger partial charge >= 0.3 is 0 Å². The maximum absolute atomic E-state index is 13.3. The molecule has 1 saturated heterocycles. The van der Waals surface area contributed by atoms with Gasteiger partial charge in [-0.05, 0) is 81.4 Å². The Morgan fingerprint density at radius 3 is 2.33 bits per heavy atom. The molecule has 1 atom stereocenters. The lowest BCUT2D eigenvalue weighted by Gasteiger charge is -2.27. The fraction of sp³-hybridized carbons (Fsp3) is 0.448. The van der Waals surface area contributed by atoms with Crippen molar-refractivity contribution in [2.45, 2.75) is 46.6 Å². The number of benzene rings is 2. The standard InChI is InChI=1S/C29H38N2O5/c1-5-19-36-24-12-9-11-22(20-24)26-25(27(32)21-13-15-23(16-14-21)35-8-4)28(33)29(34)31(26)18-10-17-30(6-2)7-3/h9,11-16,20,26,32H,5-8,10,17-19H2,1-4H3/b27-25+. The fourth-order valence-electron chi connectivity index (χ4n) is 4.49. The van der Waals surface area contributed by atoms with E-state index in [0.717, 1.165) is 38.0 Å². The van der Waals surface area contributed by atoms with E-state index in [9.17, 15) is 14.7 Å². The Labute approximate surface area is 214 Å². The third-order valence-electron chi connectivity index (χ3n) is 6.39. The summed E-state index contributed by atoms with van der Waals surface area (Å²) in [6.07, 6.45) is 1.59. The third-order valence-corrected chi connectivity index (χ3v) is 6.39. The fourth-order valence-corrected chi connectivity index (χ4v) is 4.49. The van der Waals surface area contributed by atoms with Crippen LogP contribution in [0.25, 0.3) is 5.76 Å². The molecule has 1 amide bonds. The lowest BCUT2D eigenvalue weighted by atomic mass is 9.95. The molecule has 1 fully saturated rings. The second-order valence-corrected chi connectivity index (χ2v) is 8.75. The number of amides is 1. The second kappa shape index (κ2) is 13.1. The van der Waals surface area contributed by atoms with Crippen LogP contribution in [0.4, 0.5) is 0 Å². The van der Waals surface area contributed by atoms with Crippen molar-refractivity contribution in [3.8, 4) is 11.5 Å². The minimum Gasteiger partial charge on any atom is -0.507 e. The van der Waals surface area contributed by atoms with Gasteiger partial charge in [0.2, 0.25) is 0 Å². The Balaban J connectivity index is 2.02. The first-order valence-electron chi connectivity index (χ1n) is 12.9. The van der Waals surface area contributed by atoms with Gasteiger partial charge in [0, 0.05) is 12.1 Å². The van der Waals surface area contributed by atoms with E-state index in [1.165, 1.54) is 0 Å². The highest BCUT2D eigenvalue weighted by Crippen LogP contribution is 2.40. The molecule has 1 heterocycles. The van der Waals surface area contributed by atoms with Gasteiger partial charge in [-0.2, -0.15) is 0 Å². The molecule has 1 aliphatic rings. The van der Waals surface area contributed by atoms with Crippen LogP contribution in [0.5, 0.6) is 11.5 Å². The van der Waals surface area contributed by atoms with Crippen LogP contribution in [0.15, 0.2) is 54.1 Å². The number of hydrogen-bond donors (Lipinski definition) is 1. The highest BCUT2D eigenvalue weighted by molar-refractivity contribution is 6.46. The molecule has 0 aromatic heterocycles. The Hall–Kier alpha value is -3.32. The molecule has 0 bridgehead atoms.